The van der Waals surface area contributed by atoms with Crippen molar-refractivity contribution in [2.75, 3.05) is 11.1 Å². The Hall–Kier alpha value is -4.18. The molecule has 0 unspecified atom stereocenters. The molecule has 33 heavy (non-hydrogen) atoms. The molecule has 1 amide bonds. The number of thioether (sulfide) groups is 1. The Bertz CT molecular complexity index is 1320. The highest BCUT2D eigenvalue weighted by atomic mass is 32.2. The number of non-ortho nitro benzene ring substituents is 1. The van der Waals surface area contributed by atoms with E-state index in [0.717, 1.165) is 5.69 Å². The summed E-state index contributed by atoms with van der Waals surface area (Å²) in [6.07, 6.45) is 0. The summed E-state index contributed by atoms with van der Waals surface area (Å²) in [5.74, 6) is 0.282. The molecule has 4 aromatic rings. The van der Waals surface area contributed by atoms with Crippen LogP contribution in [0, 0.1) is 17.0 Å². The maximum atomic E-state index is 12.6. The van der Waals surface area contributed by atoms with Crippen LogP contribution in [0.4, 0.5) is 11.4 Å². The van der Waals surface area contributed by atoms with E-state index in [1.807, 2.05) is 30.3 Å². The van der Waals surface area contributed by atoms with Crippen molar-refractivity contribution in [3.05, 3.63) is 88.5 Å². The largest absolute Gasteiger partial charge is 0.507 e. The van der Waals surface area contributed by atoms with E-state index >= 15 is 0 Å². The van der Waals surface area contributed by atoms with Crippen LogP contribution in [0.25, 0.3) is 17.1 Å². The van der Waals surface area contributed by atoms with Crippen molar-refractivity contribution >= 4 is 29.0 Å². The van der Waals surface area contributed by atoms with Crippen LogP contribution in [-0.4, -0.2) is 36.5 Å². The van der Waals surface area contributed by atoms with Crippen molar-refractivity contribution < 1.29 is 14.8 Å². The number of carbonyl (C=O) groups is 1. The Labute approximate surface area is 193 Å². The van der Waals surface area contributed by atoms with Gasteiger partial charge in [-0.05, 0) is 42.8 Å². The van der Waals surface area contributed by atoms with Crippen molar-refractivity contribution in [1.82, 2.24) is 14.8 Å². The third kappa shape index (κ3) is 4.85. The van der Waals surface area contributed by atoms with Gasteiger partial charge >= 0.3 is 0 Å². The van der Waals surface area contributed by atoms with Crippen LogP contribution >= 0.6 is 11.8 Å². The molecule has 4 rings (SSSR count). The molecule has 0 bridgehead atoms. The minimum absolute atomic E-state index is 0.0347. The van der Waals surface area contributed by atoms with Crippen molar-refractivity contribution in [3.8, 4) is 22.8 Å². The molecule has 0 saturated heterocycles. The second-order valence-corrected chi connectivity index (χ2v) is 8.03. The standard InChI is InChI=1S/C23H19N5O4S/c1-15-13-17(28(31)32)11-12-19(15)24-21(30)14-33-23-26-25-22(18-9-5-6-10-20(18)29)27(23)16-7-3-2-4-8-16/h2-13,29H,14H2,1H3,(H,24,30). The number of para-hydroxylation sites is 2. The second-order valence-electron chi connectivity index (χ2n) is 7.09. The predicted molar refractivity (Wildman–Crippen MR) is 126 cm³/mol. The molecular formula is C23H19N5O4S. The predicted octanol–water partition coefficient (Wildman–Crippen LogP) is 4.59. The maximum absolute atomic E-state index is 12.6. The molecule has 0 aliphatic carbocycles. The third-order valence-electron chi connectivity index (χ3n) is 4.82. The monoisotopic (exact) mass is 461 g/mol. The van der Waals surface area contributed by atoms with E-state index in [4.69, 9.17) is 0 Å². The van der Waals surface area contributed by atoms with Gasteiger partial charge in [0.2, 0.25) is 5.91 Å². The van der Waals surface area contributed by atoms with Gasteiger partial charge in [-0.25, -0.2) is 0 Å². The molecule has 166 valence electrons. The molecule has 0 radical (unpaired) electrons. The zero-order chi connectivity index (χ0) is 23.4. The van der Waals surface area contributed by atoms with E-state index in [0.29, 0.717) is 27.8 Å². The first kappa shape index (κ1) is 22.0. The minimum atomic E-state index is -0.479. The number of nitrogens with one attached hydrogen (secondary N) is 1. The fourth-order valence-corrected chi connectivity index (χ4v) is 3.98. The molecule has 2 N–H and O–H groups in total. The Kier molecular flexibility index (Phi) is 6.36. The molecule has 0 atom stereocenters. The average molecular weight is 462 g/mol. The lowest BCUT2D eigenvalue weighted by Crippen LogP contribution is -2.15. The highest BCUT2D eigenvalue weighted by molar-refractivity contribution is 7.99. The fraction of sp³-hybridized carbons (Fsp3) is 0.0870. The number of carbonyl (C=O) groups excluding carboxylic acids is 1. The molecule has 10 heteroatoms. The fourth-order valence-electron chi connectivity index (χ4n) is 3.23. The molecule has 0 spiro atoms. The first-order valence-corrected chi connectivity index (χ1v) is 10.9. The molecule has 0 fully saturated rings. The molecule has 1 heterocycles. The van der Waals surface area contributed by atoms with Crippen LogP contribution in [0.1, 0.15) is 5.56 Å². The van der Waals surface area contributed by atoms with E-state index < -0.39 is 4.92 Å². The van der Waals surface area contributed by atoms with Crippen LogP contribution < -0.4 is 5.32 Å². The van der Waals surface area contributed by atoms with E-state index in [2.05, 4.69) is 15.5 Å². The maximum Gasteiger partial charge on any atom is 0.269 e. The zero-order valence-electron chi connectivity index (χ0n) is 17.5. The lowest BCUT2D eigenvalue weighted by atomic mass is 10.2. The highest BCUT2D eigenvalue weighted by Crippen LogP contribution is 2.32. The van der Waals surface area contributed by atoms with Crippen LogP contribution in [0.2, 0.25) is 0 Å². The Balaban J connectivity index is 1.57. The molecule has 9 nitrogen and oxygen atoms in total. The van der Waals surface area contributed by atoms with Gasteiger partial charge < -0.3 is 10.4 Å². The number of amides is 1. The number of phenols is 1. The van der Waals surface area contributed by atoms with Gasteiger partial charge in [0.1, 0.15) is 5.75 Å². The number of hydrogen-bond acceptors (Lipinski definition) is 7. The van der Waals surface area contributed by atoms with Crippen molar-refractivity contribution in [3.63, 3.8) is 0 Å². The smallest absolute Gasteiger partial charge is 0.269 e. The van der Waals surface area contributed by atoms with E-state index in [1.54, 1.807) is 35.8 Å². The number of phenolic OH excluding ortho intramolecular Hbond substituents is 1. The summed E-state index contributed by atoms with van der Waals surface area (Å²) in [6.45, 7) is 1.69. The summed E-state index contributed by atoms with van der Waals surface area (Å²) < 4.78 is 1.78. The molecular weight excluding hydrogens is 442 g/mol. The van der Waals surface area contributed by atoms with Gasteiger partial charge in [-0.3, -0.25) is 19.5 Å². The van der Waals surface area contributed by atoms with Gasteiger partial charge in [0, 0.05) is 23.5 Å². The van der Waals surface area contributed by atoms with E-state index in [9.17, 15) is 20.0 Å². The van der Waals surface area contributed by atoms with Crippen molar-refractivity contribution in [2.45, 2.75) is 12.1 Å². The number of hydrogen-bond donors (Lipinski definition) is 2. The number of benzene rings is 3. The lowest BCUT2D eigenvalue weighted by molar-refractivity contribution is -0.384. The number of nitro benzene ring substituents is 1. The Morgan fingerprint density at radius 1 is 1.09 bits per heavy atom. The number of anilines is 1. The van der Waals surface area contributed by atoms with Gasteiger partial charge in [-0.15, -0.1) is 10.2 Å². The Morgan fingerprint density at radius 3 is 2.52 bits per heavy atom. The third-order valence-corrected chi connectivity index (χ3v) is 5.75. The molecule has 0 aliphatic heterocycles. The van der Waals surface area contributed by atoms with Crippen molar-refractivity contribution in [1.29, 1.82) is 0 Å². The van der Waals surface area contributed by atoms with Crippen LogP contribution in [0.3, 0.4) is 0 Å². The summed E-state index contributed by atoms with van der Waals surface area (Å²) in [5, 5.41) is 33.0. The molecule has 3 aromatic carbocycles. The summed E-state index contributed by atoms with van der Waals surface area (Å²) in [4.78, 5) is 23.0. The summed E-state index contributed by atoms with van der Waals surface area (Å²) >= 11 is 1.19. The van der Waals surface area contributed by atoms with Crippen LogP contribution in [0.15, 0.2) is 78.0 Å². The number of aromatic nitrogens is 3. The first-order chi connectivity index (χ1) is 15.9. The molecule has 0 aliphatic rings. The first-order valence-electron chi connectivity index (χ1n) is 9.91. The van der Waals surface area contributed by atoms with Gasteiger partial charge in [0.25, 0.3) is 5.69 Å². The normalized spacial score (nSPS) is 10.7. The summed E-state index contributed by atoms with van der Waals surface area (Å²) in [7, 11) is 0. The number of rotatable bonds is 7. The van der Waals surface area contributed by atoms with Crippen molar-refractivity contribution in [2.24, 2.45) is 0 Å². The number of aryl methyl sites for hydroxylation is 1. The SMILES string of the molecule is Cc1cc([N+](=O)[O-])ccc1NC(=O)CSc1nnc(-c2ccccc2O)n1-c1ccccc1. The van der Waals surface area contributed by atoms with Gasteiger partial charge in [0.05, 0.1) is 16.2 Å². The average Bonchev–Trinajstić information content (AvgIpc) is 3.23. The summed E-state index contributed by atoms with van der Waals surface area (Å²) in [5.41, 5.74) is 2.37. The summed E-state index contributed by atoms with van der Waals surface area (Å²) in [6, 6.07) is 20.5. The second kappa shape index (κ2) is 9.53. The van der Waals surface area contributed by atoms with Gasteiger partial charge in [0.15, 0.2) is 11.0 Å². The van der Waals surface area contributed by atoms with E-state index in [1.165, 1.54) is 30.0 Å². The minimum Gasteiger partial charge on any atom is -0.507 e. The lowest BCUT2D eigenvalue weighted by Gasteiger charge is -2.11. The molecule has 1 aromatic heterocycles. The Morgan fingerprint density at radius 2 is 1.82 bits per heavy atom. The molecule has 0 saturated carbocycles. The van der Waals surface area contributed by atoms with Crippen LogP contribution in [0.5, 0.6) is 5.75 Å². The number of nitrogens with zero attached hydrogens (tertiary/aromatic N) is 4. The topological polar surface area (TPSA) is 123 Å². The number of aromatic hydroxyl groups is 1. The highest BCUT2D eigenvalue weighted by Gasteiger charge is 2.19. The van der Waals surface area contributed by atoms with Gasteiger partial charge in [-0.1, -0.05) is 42.1 Å². The van der Waals surface area contributed by atoms with E-state index in [-0.39, 0.29) is 23.1 Å². The quantitative estimate of drug-likeness (QED) is 0.234. The van der Waals surface area contributed by atoms with Gasteiger partial charge in [-0.2, -0.15) is 0 Å². The zero-order valence-corrected chi connectivity index (χ0v) is 18.3. The number of nitro groups is 1. The van der Waals surface area contributed by atoms with Crippen LogP contribution in [-0.2, 0) is 4.79 Å².